The highest BCUT2D eigenvalue weighted by atomic mass is 16.6. The summed E-state index contributed by atoms with van der Waals surface area (Å²) in [6, 6.07) is 8.38. The van der Waals surface area contributed by atoms with Gasteiger partial charge >= 0.3 is 0 Å². The number of carbonyl (C=O) groups excluding carboxylic acids is 1. The lowest BCUT2D eigenvalue weighted by Crippen LogP contribution is -2.29. The van der Waals surface area contributed by atoms with Crippen molar-refractivity contribution < 1.29 is 14.4 Å². The van der Waals surface area contributed by atoms with Gasteiger partial charge in [-0.2, -0.15) is 0 Å². The summed E-state index contributed by atoms with van der Waals surface area (Å²) in [7, 11) is 0. The SMILES string of the molecule is CC(=O)NOCCCCOc1cccc(CN2CCCCC2)c1. The fourth-order valence-electron chi connectivity index (χ4n) is 2.73. The molecule has 1 saturated heterocycles. The highest BCUT2D eigenvalue weighted by molar-refractivity contribution is 5.71. The predicted octanol–water partition coefficient (Wildman–Crippen LogP) is 2.90. The second-order valence-electron chi connectivity index (χ2n) is 6.05. The van der Waals surface area contributed by atoms with Gasteiger partial charge in [-0.15, -0.1) is 0 Å². The standard InChI is InChI=1S/C18H28N2O3/c1-16(21)19-23-13-6-5-12-22-18-9-7-8-17(14-18)15-20-10-3-2-4-11-20/h7-9,14H,2-6,10-13,15H2,1H3,(H,19,21). The number of hydroxylamine groups is 1. The van der Waals surface area contributed by atoms with Gasteiger partial charge < -0.3 is 4.74 Å². The summed E-state index contributed by atoms with van der Waals surface area (Å²) in [5, 5.41) is 0. The van der Waals surface area contributed by atoms with Gasteiger partial charge in [-0.25, -0.2) is 5.48 Å². The van der Waals surface area contributed by atoms with Crippen LogP contribution in [0.5, 0.6) is 5.75 Å². The largest absolute Gasteiger partial charge is 0.494 e. The highest BCUT2D eigenvalue weighted by Crippen LogP contribution is 2.17. The maximum Gasteiger partial charge on any atom is 0.240 e. The average molecular weight is 320 g/mol. The molecule has 128 valence electrons. The van der Waals surface area contributed by atoms with Gasteiger partial charge in [-0.1, -0.05) is 18.6 Å². The minimum Gasteiger partial charge on any atom is -0.494 e. The molecule has 0 saturated carbocycles. The molecule has 1 aliphatic heterocycles. The van der Waals surface area contributed by atoms with Crippen molar-refractivity contribution in [2.45, 2.75) is 45.6 Å². The zero-order chi connectivity index (χ0) is 16.3. The van der Waals surface area contributed by atoms with Crippen molar-refractivity contribution in [1.82, 2.24) is 10.4 Å². The Morgan fingerprint density at radius 1 is 1.17 bits per heavy atom. The number of piperidine rings is 1. The molecule has 0 unspecified atom stereocenters. The summed E-state index contributed by atoms with van der Waals surface area (Å²) in [6.45, 7) is 6.04. The molecule has 0 atom stereocenters. The Balaban J connectivity index is 1.63. The van der Waals surface area contributed by atoms with Crippen LogP contribution in [-0.4, -0.2) is 37.1 Å². The summed E-state index contributed by atoms with van der Waals surface area (Å²) < 4.78 is 5.80. The van der Waals surface area contributed by atoms with Crippen LogP contribution in [0, 0.1) is 0 Å². The number of amides is 1. The Morgan fingerprint density at radius 2 is 1.96 bits per heavy atom. The van der Waals surface area contributed by atoms with Crippen molar-refractivity contribution in [1.29, 1.82) is 0 Å². The first-order valence-corrected chi connectivity index (χ1v) is 8.56. The van der Waals surface area contributed by atoms with Crippen LogP contribution < -0.4 is 10.2 Å². The molecule has 0 aromatic heterocycles. The van der Waals surface area contributed by atoms with Crippen molar-refractivity contribution in [3.8, 4) is 5.75 Å². The minimum atomic E-state index is -0.174. The smallest absolute Gasteiger partial charge is 0.240 e. The maximum atomic E-state index is 10.6. The number of carbonyl (C=O) groups is 1. The number of rotatable bonds is 9. The number of ether oxygens (including phenoxy) is 1. The molecule has 1 N–H and O–H groups in total. The third-order valence-corrected chi connectivity index (χ3v) is 3.88. The van der Waals surface area contributed by atoms with Crippen LogP contribution in [0.1, 0.15) is 44.6 Å². The summed E-state index contributed by atoms with van der Waals surface area (Å²) in [5.41, 5.74) is 3.63. The van der Waals surface area contributed by atoms with Gasteiger partial charge in [0.25, 0.3) is 0 Å². The van der Waals surface area contributed by atoms with Crippen molar-refractivity contribution in [2.24, 2.45) is 0 Å². The molecule has 23 heavy (non-hydrogen) atoms. The molecular weight excluding hydrogens is 292 g/mol. The van der Waals surface area contributed by atoms with Crippen molar-refractivity contribution in [2.75, 3.05) is 26.3 Å². The van der Waals surface area contributed by atoms with Crippen LogP contribution in [-0.2, 0) is 16.2 Å². The highest BCUT2D eigenvalue weighted by Gasteiger charge is 2.10. The van der Waals surface area contributed by atoms with Crippen LogP contribution >= 0.6 is 0 Å². The molecule has 1 aliphatic rings. The van der Waals surface area contributed by atoms with Crippen LogP contribution in [0.25, 0.3) is 0 Å². The first-order chi connectivity index (χ1) is 11.2. The number of hydrogen-bond donors (Lipinski definition) is 1. The molecular formula is C18H28N2O3. The normalized spacial score (nSPS) is 15.3. The quantitative estimate of drug-likeness (QED) is 0.561. The van der Waals surface area contributed by atoms with E-state index in [1.807, 2.05) is 6.07 Å². The monoisotopic (exact) mass is 320 g/mol. The van der Waals surface area contributed by atoms with Crippen molar-refractivity contribution in [3.63, 3.8) is 0 Å². The summed E-state index contributed by atoms with van der Waals surface area (Å²) in [6.07, 6.45) is 5.75. The average Bonchev–Trinajstić information content (AvgIpc) is 2.55. The van der Waals surface area contributed by atoms with Crippen LogP contribution in [0.4, 0.5) is 0 Å². The fourth-order valence-corrected chi connectivity index (χ4v) is 2.73. The van der Waals surface area contributed by atoms with E-state index in [0.717, 1.165) is 25.1 Å². The van der Waals surface area contributed by atoms with E-state index in [0.29, 0.717) is 13.2 Å². The number of benzene rings is 1. The molecule has 0 aliphatic carbocycles. The molecule has 1 fully saturated rings. The van der Waals surface area contributed by atoms with Gasteiger partial charge in [0.1, 0.15) is 5.75 Å². The van der Waals surface area contributed by atoms with Crippen LogP contribution in [0.2, 0.25) is 0 Å². The van der Waals surface area contributed by atoms with Gasteiger partial charge in [0.15, 0.2) is 0 Å². The number of nitrogens with zero attached hydrogens (tertiary/aromatic N) is 1. The van der Waals surface area contributed by atoms with E-state index in [2.05, 4.69) is 28.6 Å². The van der Waals surface area contributed by atoms with E-state index in [-0.39, 0.29) is 5.91 Å². The Labute approximate surface area is 138 Å². The summed E-state index contributed by atoms with van der Waals surface area (Å²) in [5.74, 6) is 0.758. The Morgan fingerprint density at radius 3 is 2.74 bits per heavy atom. The molecule has 1 amide bonds. The first kappa shape index (κ1) is 17.8. The molecule has 2 rings (SSSR count). The number of nitrogens with one attached hydrogen (secondary N) is 1. The van der Waals surface area contributed by atoms with Gasteiger partial charge in [-0.05, 0) is 56.5 Å². The van der Waals surface area contributed by atoms with E-state index in [4.69, 9.17) is 9.57 Å². The van der Waals surface area contributed by atoms with Crippen molar-refractivity contribution in [3.05, 3.63) is 29.8 Å². The third kappa shape index (κ3) is 7.48. The second-order valence-corrected chi connectivity index (χ2v) is 6.05. The van der Waals surface area contributed by atoms with Crippen molar-refractivity contribution >= 4 is 5.91 Å². The fraction of sp³-hybridized carbons (Fsp3) is 0.611. The molecule has 1 heterocycles. The second kappa shape index (κ2) is 10.2. The molecule has 1 aromatic carbocycles. The zero-order valence-electron chi connectivity index (χ0n) is 14.1. The predicted molar refractivity (Wildman–Crippen MR) is 90.1 cm³/mol. The molecule has 0 radical (unpaired) electrons. The molecule has 0 bridgehead atoms. The third-order valence-electron chi connectivity index (χ3n) is 3.88. The van der Waals surface area contributed by atoms with E-state index in [9.17, 15) is 4.79 Å². The van der Waals surface area contributed by atoms with Gasteiger partial charge in [-0.3, -0.25) is 14.5 Å². The molecule has 5 nitrogen and oxygen atoms in total. The van der Waals surface area contributed by atoms with Crippen LogP contribution in [0.3, 0.4) is 0 Å². The first-order valence-electron chi connectivity index (χ1n) is 8.56. The summed E-state index contributed by atoms with van der Waals surface area (Å²) in [4.78, 5) is 18.1. The maximum absolute atomic E-state index is 10.6. The molecule has 1 aromatic rings. The lowest BCUT2D eigenvalue weighted by molar-refractivity contribution is -0.131. The topological polar surface area (TPSA) is 50.8 Å². The number of likely N-dealkylation sites (tertiary alicyclic amines) is 1. The van der Waals surface area contributed by atoms with E-state index >= 15 is 0 Å². The molecule has 0 spiro atoms. The lowest BCUT2D eigenvalue weighted by atomic mass is 10.1. The van der Waals surface area contributed by atoms with E-state index in [1.54, 1.807) is 0 Å². The molecule has 5 heteroatoms. The van der Waals surface area contributed by atoms with E-state index in [1.165, 1.54) is 44.8 Å². The number of unbranched alkanes of at least 4 members (excludes halogenated alkanes) is 1. The van der Waals surface area contributed by atoms with Crippen LogP contribution in [0.15, 0.2) is 24.3 Å². The van der Waals surface area contributed by atoms with Gasteiger partial charge in [0, 0.05) is 13.5 Å². The van der Waals surface area contributed by atoms with E-state index < -0.39 is 0 Å². The minimum absolute atomic E-state index is 0.174. The van der Waals surface area contributed by atoms with Gasteiger partial charge in [0.05, 0.1) is 13.2 Å². The number of hydrogen-bond acceptors (Lipinski definition) is 4. The zero-order valence-corrected chi connectivity index (χ0v) is 14.1. The summed E-state index contributed by atoms with van der Waals surface area (Å²) >= 11 is 0. The lowest BCUT2D eigenvalue weighted by Gasteiger charge is -2.26. The Bertz CT molecular complexity index is 473. The Hall–Kier alpha value is -1.59. The Kier molecular flexibility index (Phi) is 7.90. The van der Waals surface area contributed by atoms with Gasteiger partial charge in [0.2, 0.25) is 5.91 Å².